The summed E-state index contributed by atoms with van der Waals surface area (Å²) in [6.45, 7) is 4.78. The maximum atomic E-state index is 13.0. The molecule has 1 N–H and O–H groups in total. The molecule has 0 radical (unpaired) electrons. The molecule has 1 unspecified atom stereocenters. The van der Waals surface area contributed by atoms with Crippen molar-refractivity contribution < 1.29 is 13.9 Å². The van der Waals surface area contributed by atoms with Gasteiger partial charge in [-0.25, -0.2) is 4.39 Å². The average molecular weight is 384 g/mol. The number of nitrogens with zero attached hydrogens (tertiary/aromatic N) is 1. The molecule has 1 saturated heterocycles. The molecule has 1 aliphatic rings. The first kappa shape index (κ1) is 20.3. The van der Waals surface area contributed by atoms with Crippen LogP contribution in [-0.4, -0.2) is 37.0 Å². The van der Waals surface area contributed by atoms with E-state index in [0.717, 1.165) is 43.8 Å². The molecule has 2 aromatic rings. The Kier molecular flexibility index (Phi) is 7.04. The van der Waals surface area contributed by atoms with E-state index in [1.807, 2.05) is 25.1 Å². The fourth-order valence-electron chi connectivity index (χ4n) is 3.78. The molecule has 0 aliphatic carbocycles. The number of hydrogen-bond donors (Lipinski definition) is 1. The number of amides is 1. The van der Waals surface area contributed by atoms with Crippen molar-refractivity contribution in [2.75, 3.05) is 20.2 Å². The first-order chi connectivity index (χ1) is 13.5. The summed E-state index contributed by atoms with van der Waals surface area (Å²) in [5.74, 6) is 0.819. The van der Waals surface area contributed by atoms with Gasteiger partial charge in [-0.15, -0.1) is 0 Å². The number of rotatable bonds is 7. The Labute approximate surface area is 166 Å². The molecule has 0 bridgehead atoms. The molecule has 1 aliphatic heterocycles. The van der Waals surface area contributed by atoms with Crippen LogP contribution >= 0.6 is 0 Å². The van der Waals surface area contributed by atoms with Gasteiger partial charge in [-0.05, 0) is 42.5 Å². The molecule has 0 aromatic heterocycles. The normalized spacial score (nSPS) is 16.5. The molecule has 2 aromatic carbocycles. The number of piperidine rings is 1. The number of methoxy groups -OCH3 is 1. The Morgan fingerprint density at radius 2 is 1.86 bits per heavy atom. The lowest BCUT2D eigenvalue weighted by atomic mass is 9.96. The highest BCUT2D eigenvalue weighted by atomic mass is 19.1. The molecule has 1 fully saturated rings. The number of carbonyl (C=O) groups is 1. The van der Waals surface area contributed by atoms with Gasteiger partial charge < -0.3 is 10.1 Å². The van der Waals surface area contributed by atoms with E-state index in [4.69, 9.17) is 4.74 Å². The quantitative estimate of drug-likeness (QED) is 0.781. The van der Waals surface area contributed by atoms with E-state index >= 15 is 0 Å². The Morgan fingerprint density at radius 3 is 2.54 bits per heavy atom. The minimum Gasteiger partial charge on any atom is -0.496 e. The van der Waals surface area contributed by atoms with Crippen molar-refractivity contribution >= 4 is 5.91 Å². The molecule has 5 heteroatoms. The number of benzene rings is 2. The van der Waals surface area contributed by atoms with Crippen LogP contribution in [0.1, 0.15) is 43.2 Å². The van der Waals surface area contributed by atoms with Gasteiger partial charge in [-0.1, -0.05) is 37.3 Å². The molecule has 28 heavy (non-hydrogen) atoms. The number of hydrogen-bond acceptors (Lipinski definition) is 3. The van der Waals surface area contributed by atoms with Gasteiger partial charge in [-0.2, -0.15) is 0 Å². The summed E-state index contributed by atoms with van der Waals surface area (Å²) in [5.41, 5.74) is 2.18. The number of ether oxygens (including phenoxy) is 1. The van der Waals surface area contributed by atoms with Crippen LogP contribution in [0.25, 0.3) is 0 Å². The standard InChI is InChI=1S/C23H29FN2O2/c1-17(18-7-9-20(24)10-8-18)15-23(27)25-21-11-13-26(14-12-21)16-19-5-3-4-6-22(19)28-2/h3-10,17,21H,11-16H2,1-2H3,(H,25,27). The van der Waals surface area contributed by atoms with Crippen LogP contribution in [0.5, 0.6) is 5.75 Å². The molecule has 0 spiro atoms. The molecular formula is C23H29FN2O2. The molecular weight excluding hydrogens is 355 g/mol. The zero-order valence-corrected chi connectivity index (χ0v) is 16.7. The van der Waals surface area contributed by atoms with Crippen LogP contribution in [-0.2, 0) is 11.3 Å². The fourth-order valence-corrected chi connectivity index (χ4v) is 3.78. The van der Waals surface area contributed by atoms with E-state index < -0.39 is 0 Å². The van der Waals surface area contributed by atoms with E-state index in [9.17, 15) is 9.18 Å². The molecule has 4 nitrogen and oxygen atoms in total. The van der Waals surface area contributed by atoms with E-state index in [-0.39, 0.29) is 23.7 Å². The Bertz CT molecular complexity index is 770. The first-order valence-corrected chi connectivity index (χ1v) is 9.94. The van der Waals surface area contributed by atoms with Crippen LogP contribution in [0.2, 0.25) is 0 Å². The lowest BCUT2D eigenvalue weighted by Crippen LogP contribution is -2.44. The van der Waals surface area contributed by atoms with Gasteiger partial charge in [0.1, 0.15) is 11.6 Å². The van der Waals surface area contributed by atoms with Gasteiger partial charge in [-0.3, -0.25) is 9.69 Å². The molecule has 3 rings (SSSR count). The van der Waals surface area contributed by atoms with Crippen LogP contribution < -0.4 is 10.1 Å². The van der Waals surface area contributed by atoms with Gasteiger partial charge in [0.25, 0.3) is 0 Å². The van der Waals surface area contributed by atoms with E-state index in [2.05, 4.69) is 16.3 Å². The maximum absolute atomic E-state index is 13.0. The second-order valence-corrected chi connectivity index (χ2v) is 7.59. The van der Waals surface area contributed by atoms with Gasteiger partial charge in [0.15, 0.2) is 0 Å². The van der Waals surface area contributed by atoms with Crippen molar-refractivity contribution in [1.29, 1.82) is 0 Å². The van der Waals surface area contributed by atoms with Gasteiger partial charge in [0.05, 0.1) is 7.11 Å². The summed E-state index contributed by atoms with van der Waals surface area (Å²) in [6.07, 6.45) is 2.32. The minimum absolute atomic E-state index is 0.0694. The number of para-hydroxylation sites is 1. The zero-order valence-electron chi connectivity index (χ0n) is 16.7. The maximum Gasteiger partial charge on any atom is 0.220 e. The fraction of sp³-hybridized carbons (Fsp3) is 0.435. The second kappa shape index (κ2) is 9.69. The topological polar surface area (TPSA) is 41.6 Å². The van der Waals surface area contributed by atoms with Crippen LogP contribution in [0.15, 0.2) is 48.5 Å². The lowest BCUT2D eigenvalue weighted by molar-refractivity contribution is -0.122. The molecule has 1 heterocycles. The van der Waals surface area contributed by atoms with Crippen LogP contribution in [0.4, 0.5) is 4.39 Å². The van der Waals surface area contributed by atoms with Crippen molar-refractivity contribution in [3.05, 3.63) is 65.5 Å². The third-order valence-corrected chi connectivity index (χ3v) is 5.47. The summed E-state index contributed by atoms with van der Waals surface area (Å²) in [7, 11) is 1.70. The lowest BCUT2D eigenvalue weighted by Gasteiger charge is -2.32. The van der Waals surface area contributed by atoms with E-state index in [0.29, 0.717) is 6.42 Å². The Hall–Kier alpha value is -2.40. The van der Waals surface area contributed by atoms with Crippen molar-refractivity contribution in [2.24, 2.45) is 0 Å². The summed E-state index contributed by atoms with van der Waals surface area (Å²) in [4.78, 5) is 14.8. The third-order valence-electron chi connectivity index (χ3n) is 5.47. The largest absolute Gasteiger partial charge is 0.496 e. The van der Waals surface area contributed by atoms with Gasteiger partial charge in [0.2, 0.25) is 5.91 Å². The Balaban J connectivity index is 1.43. The third kappa shape index (κ3) is 5.55. The zero-order chi connectivity index (χ0) is 19.9. The predicted octanol–water partition coefficient (Wildman–Crippen LogP) is 4.11. The highest BCUT2D eigenvalue weighted by molar-refractivity contribution is 5.77. The van der Waals surface area contributed by atoms with Crippen LogP contribution in [0.3, 0.4) is 0 Å². The predicted molar refractivity (Wildman–Crippen MR) is 109 cm³/mol. The van der Waals surface area contributed by atoms with Crippen molar-refractivity contribution in [2.45, 2.75) is 44.7 Å². The summed E-state index contributed by atoms with van der Waals surface area (Å²) in [6, 6.07) is 14.7. The monoisotopic (exact) mass is 384 g/mol. The van der Waals surface area contributed by atoms with Crippen molar-refractivity contribution in [1.82, 2.24) is 10.2 Å². The molecule has 1 amide bonds. The van der Waals surface area contributed by atoms with Crippen molar-refractivity contribution in [3.8, 4) is 5.75 Å². The highest BCUT2D eigenvalue weighted by Gasteiger charge is 2.22. The number of halogens is 1. The smallest absolute Gasteiger partial charge is 0.220 e. The number of likely N-dealkylation sites (tertiary alicyclic amines) is 1. The minimum atomic E-state index is -0.250. The average Bonchev–Trinajstić information content (AvgIpc) is 2.70. The number of nitrogens with one attached hydrogen (secondary N) is 1. The van der Waals surface area contributed by atoms with E-state index in [1.165, 1.54) is 17.7 Å². The van der Waals surface area contributed by atoms with E-state index in [1.54, 1.807) is 19.2 Å². The summed E-state index contributed by atoms with van der Waals surface area (Å²) < 4.78 is 18.5. The highest BCUT2D eigenvalue weighted by Crippen LogP contribution is 2.22. The summed E-state index contributed by atoms with van der Waals surface area (Å²) >= 11 is 0. The molecule has 1 atom stereocenters. The van der Waals surface area contributed by atoms with Crippen LogP contribution in [0, 0.1) is 5.82 Å². The SMILES string of the molecule is COc1ccccc1CN1CCC(NC(=O)CC(C)c2ccc(F)cc2)CC1. The number of carbonyl (C=O) groups excluding carboxylic acids is 1. The van der Waals surface area contributed by atoms with Gasteiger partial charge >= 0.3 is 0 Å². The Morgan fingerprint density at radius 1 is 1.18 bits per heavy atom. The first-order valence-electron chi connectivity index (χ1n) is 9.94. The van der Waals surface area contributed by atoms with Gasteiger partial charge in [0, 0.05) is 37.7 Å². The molecule has 150 valence electrons. The second-order valence-electron chi connectivity index (χ2n) is 7.59. The summed E-state index contributed by atoms with van der Waals surface area (Å²) in [5, 5.41) is 3.17. The van der Waals surface area contributed by atoms with Crippen molar-refractivity contribution in [3.63, 3.8) is 0 Å². The molecule has 0 saturated carbocycles.